The Kier molecular flexibility index (Phi) is 3.77. The summed E-state index contributed by atoms with van der Waals surface area (Å²) in [4.78, 5) is 13.8. The van der Waals surface area contributed by atoms with E-state index in [1.807, 2.05) is 0 Å². The summed E-state index contributed by atoms with van der Waals surface area (Å²) in [6, 6.07) is 0. The second kappa shape index (κ2) is 4.65. The van der Waals surface area contributed by atoms with Gasteiger partial charge < -0.3 is 10.1 Å². The summed E-state index contributed by atoms with van der Waals surface area (Å²) < 4.78 is 24.6. The standard InChI is InChI=1S/C8H8BrF2NO2/c9-1-4-6(3-13)12-2-5(7(4)14)8(10)11/h2,8,13H,1,3H2,(H,12,14). The van der Waals surface area contributed by atoms with E-state index in [1.165, 1.54) is 0 Å². The molecule has 0 aliphatic rings. The Morgan fingerprint density at radius 2 is 2.21 bits per heavy atom. The Balaban J connectivity index is 3.35. The summed E-state index contributed by atoms with van der Waals surface area (Å²) in [5.74, 6) is 0. The van der Waals surface area contributed by atoms with Crippen molar-refractivity contribution in [1.82, 2.24) is 4.98 Å². The molecular formula is C8H8BrF2NO2. The van der Waals surface area contributed by atoms with E-state index in [4.69, 9.17) is 5.11 Å². The maximum Gasteiger partial charge on any atom is 0.269 e. The number of hydrogen-bond acceptors (Lipinski definition) is 2. The summed E-state index contributed by atoms with van der Waals surface area (Å²) in [5.41, 5.74) is -0.891. The van der Waals surface area contributed by atoms with Crippen molar-refractivity contribution in [1.29, 1.82) is 0 Å². The fourth-order valence-corrected chi connectivity index (χ4v) is 1.67. The third-order valence-corrected chi connectivity index (χ3v) is 2.39. The normalized spacial score (nSPS) is 10.9. The summed E-state index contributed by atoms with van der Waals surface area (Å²) in [6.45, 7) is -0.375. The summed E-state index contributed by atoms with van der Waals surface area (Å²) in [5, 5.41) is 8.96. The van der Waals surface area contributed by atoms with Gasteiger partial charge in [-0.3, -0.25) is 4.79 Å². The lowest BCUT2D eigenvalue weighted by Crippen LogP contribution is -2.17. The number of hydrogen-bond donors (Lipinski definition) is 2. The highest BCUT2D eigenvalue weighted by molar-refractivity contribution is 9.08. The van der Waals surface area contributed by atoms with Crippen LogP contribution >= 0.6 is 15.9 Å². The molecule has 0 aliphatic heterocycles. The molecule has 0 unspecified atom stereocenters. The number of aliphatic hydroxyl groups excluding tert-OH is 1. The van der Waals surface area contributed by atoms with Crippen molar-refractivity contribution in [2.24, 2.45) is 0 Å². The van der Waals surface area contributed by atoms with Gasteiger partial charge in [-0.15, -0.1) is 0 Å². The fourth-order valence-electron chi connectivity index (χ4n) is 1.07. The van der Waals surface area contributed by atoms with E-state index in [9.17, 15) is 13.6 Å². The molecule has 2 N–H and O–H groups in total. The third kappa shape index (κ3) is 2.01. The minimum absolute atomic E-state index is 0.138. The Morgan fingerprint density at radius 1 is 1.57 bits per heavy atom. The second-order valence-corrected chi connectivity index (χ2v) is 3.18. The lowest BCUT2D eigenvalue weighted by atomic mass is 10.1. The molecule has 0 aliphatic carbocycles. The zero-order valence-corrected chi connectivity index (χ0v) is 8.64. The van der Waals surface area contributed by atoms with E-state index >= 15 is 0 Å². The van der Waals surface area contributed by atoms with Gasteiger partial charge in [0.2, 0.25) is 0 Å². The molecule has 1 heterocycles. The minimum atomic E-state index is -2.80. The number of H-pyrrole nitrogens is 1. The van der Waals surface area contributed by atoms with E-state index < -0.39 is 17.4 Å². The Hall–Kier alpha value is -0.750. The predicted molar refractivity (Wildman–Crippen MR) is 50.6 cm³/mol. The van der Waals surface area contributed by atoms with Crippen LogP contribution in [0.1, 0.15) is 23.2 Å². The van der Waals surface area contributed by atoms with Crippen LogP contribution in [0.2, 0.25) is 0 Å². The van der Waals surface area contributed by atoms with Crippen molar-refractivity contribution in [3.63, 3.8) is 0 Å². The molecule has 14 heavy (non-hydrogen) atoms. The van der Waals surface area contributed by atoms with Crippen molar-refractivity contribution < 1.29 is 13.9 Å². The highest BCUT2D eigenvalue weighted by atomic mass is 79.9. The number of aromatic nitrogens is 1. The fraction of sp³-hybridized carbons (Fsp3) is 0.375. The van der Waals surface area contributed by atoms with Crippen LogP contribution in [-0.2, 0) is 11.9 Å². The number of rotatable bonds is 3. The quantitative estimate of drug-likeness (QED) is 0.820. The van der Waals surface area contributed by atoms with Crippen molar-refractivity contribution in [2.45, 2.75) is 18.4 Å². The molecule has 0 spiro atoms. The van der Waals surface area contributed by atoms with Crippen molar-refractivity contribution in [3.8, 4) is 0 Å². The van der Waals surface area contributed by atoms with E-state index in [0.29, 0.717) is 0 Å². The molecule has 0 aromatic carbocycles. The van der Waals surface area contributed by atoms with Crippen LogP contribution in [0.25, 0.3) is 0 Å². The largest absolute Gasteiger partial charge is 0.390 e. The van der Waals surface area contributed by atoms with Crippen molar-refractivity contribution >= 4 is 15.9 Å². The Bertz CT molecular complexity index is 378. The minimum Gasteiger partial charge on any atom is -0.390 e. The van der Waals surface area contributed by atoms with Gasteiger partial charge in [0, 0.05) is 22.8 Å². The van der Waals surface area contributed by atoms with Gasteiger partial charge in [-0.1, -0.05) is 15.9 Å². The molecule has 1 aromatic rings. The van der Waals surface area contributed by atoms with E-state index in [0.717, 1.165) is 6.20 Å². The number of aromatic amines is 1. The zero-order valence-electron chi connectivity index (χ0n) is 7.06. The van der Waals surface area contributed by atoms with Gasteiger partial charge in [0.05, 0.1) is 12.2 Å². The molecule has 0 radical (unpaired) electrons. The summed E-state index contributed by atoms with van der Waals surface area (Å²) in [7, 11) is 0. The van der Waals surface area contributed by atoms with E-state index in [1.54, 1.807) is 0 Å². The first-order valence-electron chi connectivity index (χ1n) is 3.80. The lowest BCUT2D eigenvalue weighted by Gasteiger charge is -2.06. The van der Waals surface area contributed by atoms with Crippen LogP contribution in [0, 0.1) is 0 Å². The van der Waals surface area contributed by atoms with Gasteiger partial charge in [0.1, 0.15) is 0 Å². The van der Waals surface area contributed by atoms with Gasteiger partial charge in [0.25, 0.3) is 6.43 Å². The molecule has 0 amide bonds. The Labute approximate surface area is 86.9 Å². The predicted octanol–water partition coefficient (Wildman–Crippen LogP) is 1.70. The van der Waals surface area contributed by atoms with Crippen LogP contribution in [0.15, 0.2) is 11.0 Å². The van der Waals surface area contributed by atoms with Crippen LogP contribution in [0.3, 0.4) is 0 Å². The molecule has 78 valence electrons. The number of nitrogens with one attached hydrogen (secondary N) is 1. The molecule has 6 heteroatoms. The molecule has 0 saturated heterocycles. The first-order valence-corrected chi connectivity index (χ1v) is 4.92. The Morgan fingerprint density at radius 3 is 2.64 bits per heavy atom. The van der Waals surface area contributed by atoms with Crippen LogP contribution in [0.4, 0.5) is 8.78 Å². The van der Waals surface area contributed by atoms with Gasteiger partial charge >= 0.3 is 0 Å². The first kappa shape index (κ1) is 11.3. The SMILES string of the molecule is O=c1c(C(F)F)c[nH]c(CO)c1CBr. The number of pyridine rings is 1. The molecule has 0 fully saturated rings. The molecular weight excluding hydrogens is 260 g/mol. The summed E-state index contributed by atoms with van der Waals surface area (Å²) >= 11 is 3.01. The molecule has 0 bridgehead atoms. The zero-order chi connectivity index (χ0) is 10.7. The third-order valence-electron chi connectivity index (χ3n) is 1.83. The maximum atomic E-state index is 12.3. The smallest absolute Gasteiger partial charge is 0.269 e. The van der Waals surface area contributed by atoms with Gasteiger partial charge in [-0.05, 0) is 0 Å². The van der Waals surface area contributed by atoms with Crippen molar-refractivity contribution in [2.75, 3.05) is 0 Å². The van der Waals surface area contributed by atoms with Gasteiger partial charge in [-0.2, -0.15) is 0 Å². The van der Waals surface area contributed by atoms with Gasteiger partial charge in [-0.25, -0.2) is 8.78 Å². The van der Waals surface area contributed by atoms with Crippen LogP contribution in [0.5, 0.6) is 0 Å². The second-order valence-electron chi connectivity index (χ2n) is 2.62. The highest BCUT2D eigenvalue weighted by Crippen LogP contribution is 2.16. The van der Waals surface area contributed by atoms with E-state index in [2.05, 4.69) is 20.9 Å². The monoisotopic (exact) mass is 267 g/mol. The molecule has 1 aromatic heterocycles. The number of alkyl halides is 3. The highest BCUT2D eigenvalue weighted by Gasteiger charge is 2.16. The molecule has 0 atom stereocenters. The topological polar surface area (TPSA) is 53.1 Å². The van der Waals surface area contributed by atoms with E-state index in [-0.39, 0.29) is 23.2 Å². The van der Waals surface area contributed by atoms with Crippen LogP contribution in [-0.4, -0.2) is 10.1 Å². The number of aliphatic hydroxyl groups is 1. The van der Waals surface area contributed by atoms with Crippen molar-refractivity contribution in [3.05, 3.63) is 33.2 Å². The summed E-state index contributed by atoms with van der Waals surface area (Å²) in [6.07, 6.45) is -1.87. The first-order chi connectivity index (χ1) is 6.61. The molecule has 0 saturated carbocycles. The average molecular weight is 268 g/mol. The van der Waals surface area contributed by atoms with Gasteiger partial charge in [0.15, 0.2) is 5.43 Å². The molecule has 3 nitrogen and oxygen atoms in total. The molecule has 1 rings (SSSR count). The van der Waals surface area contributed by atoms with Crippen LogP contribution < -0.4 is 5.43 Å². The maximum absolute atomic E-state index is 12.3. The lowest BCUT2D eigenvalue weighted by molar-refractivity contribution is 0.149. The average Bonchev–Trinajstić information content (AvgIpc) is 2.16. The number of halogens is 3.